The lowest BCUT2D eigenvalue weighted by Gasteiger charge is -2.25. The Balaban J connectivity index is 2.22. The lowest BCUT2D eigenvalue weighted by molar-refractivity contribution is 0.113. The molecule has 1 saturated heterocycles. The molecular formula is C15H24N2O4S. The van der Waals surface area contributed by atoms with Crippen molar-refractivity contribution < 1.29 is 17.9 Å². The second-order valence-corrected chi connectivity index (χ2v) is 7.68. The van der Waals surface area contributed by atoms with Crippen LogP contribution in [0.5, 0.6) is 5.75 Å². The van der Waals surface area contributed by atoms with Gasteiger partial charge >= 0.3 is 0 Å². The van der Waals surface area contributed by atoms with Crippen LogP contribution in [0.3, 0.4) is 0 Å². The summed E-state index contributed by atoms with van der Waals surface area (Å²) in [4.78, 5) is 2.31. The molecule has 1 atom stereocenters. The molecule has 7 heteroatoms. The number of hydrogen-bond acceptors (Lipinski definition) is 5. The maximum atomic E-state index is 12.8. The van der Waals surface area contributed by atoms with Gasteiger partial charge in [-0.2, -0.15) is 4.31 Å². The van der Waals surface area contributed by atoms with Gasteiger partial charge in [-0.05, 0) is 26.2 Å². The number of nitrogens with zero attached hydrogens (tertiary/aromatic N) is 2. The van der Waals surface area contributed by atoms with Crippen LogP contribution in [-0.4, -0.2) is 71.7 Å². The number of methoxy groups -OCH3 is 1. The van der Waals surface area contributed by atoms with Crippen molar-refractivity contribution in [3.63, 3.8) is 0 Å². The van der Waals surface area contributed by atoms with Crippen molar-refractivity contribution in [1.82, 2.24) is 9.21 Å². The van der Waals surface area contributed by atoms with Crippen molar-refractivity contribution >= 4 is 10.0 Å². The Hall–Kier alpha value is -1.15. The predicted molar refractivity (Wildman–Crippen MR) is 84.6 cm³/mol. The lowest BCUT2D eigenvalue weighted by Crippen LogP contribution is -2.38. The van der Waals surface area contributed by atoms with Crippen molar-refractivity contribution in [3.8, 4) is 5.75 Å². The molecule has 1 aliphatic rings. The molecular weight excluding hydrogens is 304 g/mol. The molecule has 124 valence electrons. The molecule has 0 saturated carbocycles. The topological polar surface area (TPSA) is 59.1 Å². The van der Waals surface area contributed by atoms with Crippen LogP contribution in [-0.2, 0) is 14.8 Å². The summed E-state index contributed by atoms with van der Waals surface area (Å²) in [6, 6.07) is 6.59. The fourth-order valence-corrected chi connectivity index (χ4v) is 4.14. The van der Waals surface area contributed by atoms with Crippen LogP contribution in [0.4, 0.5) is 0 Å². The monoisotopic (exact) mass is 328 g/mol. The summed E-state index contributed by atoms with van der Waals surface area (Å²) in [5.74, 6) is 0.704. The molecule has 0 unspecified atom stereocenters. The number of ether oxygens (including phenoxy) is 2. The normalized spacial score (nSPS) is 20.8. The predicted octanol–water partition coefficient (Wildman–Crippen LogP) is 0.894. The quantitative estimate of drug-likeness (QED) is 0.803. The van der Waals surface area contributed by atoms with Gasteiger partial charge in [0, 0.05) is 31.6 Å². The maximum Gasteiger partial charge on any atom is 0.243 e. The van der Waals surface area contributed by atoms with Crippen LogP contribution in [0, 0.1) is 5.92 Å². The fourth-order valence-electron chi connectivity index (χ4n) is 2.60. The highest BCUT2D eigenvalue weighted by Gasteiger charge is 2.29. The smallest absolute Gasteiger partial charge is 0.243 e. The van der Waals surface area contributed by atoms with Gasteiger partial charge in [0.1, 0.15) is 5.75 Å². The largest absolute Gasteiger partial charge is 0.497 e. The molecule has 0 N–H and O–H groups in total. The highest BCUT2D eigenvalue weighted by atomic mass is 32.2. The van der Waals surface area contributed by atoms with Gasteiger partial charge in [0.25, 0.3) is 0 Å². The van der Waals surface area contributed by atoms with Crippen molar-refractivity contribution in [2.75, 3.05) is 54.1 Å². The highest BCUT2D eigenvalue weighted by molar-refractivity contribution is 7.89. The lowest BCUT2D eigenvalue weighted by atomic mass is 10.1. The van der Waals surface area contributed by atoms with Crippen molar-refractivity contribution in [2.24, 2.45) is 5.92 Å². The maximum absolute atomic E-state index is 12.8. The van der Waals surface area contributed by atoms with E-state index in [1.54, 1.807) is 24.3 Å². The minimum Gasteiger partial charge on any atom is -0.497 e. The Kier molecular flexibility index (Phi) is 5.80. The van der Waals surface area contributed by atoms with Crippen LogP contribution in [0.15, 0.2) is 29.2 Å². The molecule has 0 bridgehead atoms. The molecule has 6 nitrogen and oxygen atoms in total. The van der Waals surface area contributed by atoms with E-state index in [1.165, 1.54) is 11.4 Å². The third-order valence-electron chi connectivity index (χ3n) is 3.60. The van der Waals surface area contributed by atoms with Gasteiger partial charge in [0.05, 0.1) is 25.2 Å². The van der Waals surface area contributed by atoms with E-state index in [1.807, 2.05) is 14.1 Å². The van der Waals surface area contributed by atoms with E-state index < -0.39 is 10.0 Å². The summed E-state index contributed by atoms with van der Waals surface area (Å²) in [7, 11) is 1.95. The van der Waals surface area contributed by atoms with Gasteiger partial charge in [-0.25, -0.2) is 8.42 Å². The SMILES string of the molecule is COc1cccc(S(=O)(=O)N2CCOC[C@@H](CN(C)C)C2)c1. The van der Waals surface area contributed by atoms with Gasteiger partial charge < -0.3 is 14.4 Å². The molecule has 1 aromatic carbocycles. The molecule has 1 heterocycles. The number of sulfonamides is 1. The number of benzene rings is 1. The first-order valence-electron chi connectivity index (χ1n) is 7.30. The molecule has 1 aromatic rings. The summed E-state index contributed by atoms with van der Waals surface area (Å²) < 4.78 is 37.9. The van der Waals surface area contributed by atoms with Gasteiger partial charge in [-0.1, -0.05) is 6.07 Å². The minimum absolute atomic E-state index is 0.165. The number of hydrogen-bond donors (Lipinski definition) is 0. The molecule has 22 heavy (non-hydrogen) atoms. The van der Waals surface area contributed by atoms with Gasteiger partial charge in [0.2, 0.25) is 10.0 Å². The summed E-state index contributed by atoms with van der Waals surface area (Å²) in [6.07, 6.45) is 0. The second kappa shape index (κ2) is 7.41. The Bertz CT molecular complexity index is 589. The summed E-state index contributed by atoms with van der Waals surface area (Å²) in [6.45, 7) is 2.65. The zero-order valence-electron chi connectivity index (χ0n) is 13.4. The first-order chi connectivity index (χ1) is 10.4. The van der Waals surface area contributed by atoms with Crippen LogP contribution >= 0.6 is 0 Å². The molecule has 2 rings (SSSR count). The van der Waals surface area contributed by atoms with Crippen molar-refractivity contribution in [3.05, 3.63) is 24.3 Å². The zero-order chi connectivity index (χ0) is 16.2. The molecule has 1 fully saturated rings. The molecule has 0 aromatic heterocycles. The van der Waals surface area contributed by atoms with E-state index >= 15 is 0 Å². The molecule has 0 amide bonds. The van der Waals surface area contributed by atoms with Crippen LogP contribution < -0.4 is 4.74 Å². The van der Waals surface area contributed by atoms with E-state index in [-0.39, 0.29) is 10.8 Å². The minimum atomic E-state index is -3.53. The van der Waals surface area contributed by atoms with E-state index in [2.05, 4.69) is 4.90 Å². The summed E-state index contributed by atoms with van der Waals surface area (Å²) >= 11 is 0. The first-order valence-corrected chi connectivity index (χ1v) is 8.74. The Morgan fingerprint density at radius 1 is 1.41 bits per heavy atom. The van der Waals surface area contributed by atoms with Gasteiger partial charge in [-0.3, -0.25) is 0 Å². The van der Waals surface area contributed by atoms with E-state index in [0.717, 1.165) is 6.54 Å². The average molecular weight is 328 g/mol. The fraction of sp³-hybridized carbons (Fsp3) is 0.600. The van der Waals surface area contributed by atoms with Crippen molar-refractivity contribution in [1.29, 1.82) is 0 Å². The van der Waals surface area contributed by atoms with Gasteiger partial charge in [0.15, 0.2) is 0 Å². The standard InChI is InChI=1S/C15H24N2O4S/c1-16(2)10-13-11-17(7-8-21-12-13)22(18,19)15-6-4-5-14(9-15)20-3/h4-6,9,13H,7-8,10-12H2,1-3H3/t13-/m0/s1. The highest BCUT2D eigenvalue weighted by Crippen LogP contribution is 2.22. The molecule has 0 radical (unpaired) electrons. The average Bonchev–Trinajstić information content (AvgIpc) is 2.72. The first kappa shape index (κ1) is 17.2. The van der Waals surface area contributed by atoms with E-state index in [0.29, 0.717) is 32.1 Å². The van der Waals surface area contributed by atoms with E-state index in [4.69, 9.17) is 9.47 Å². The number of rotatable bonds is 5. The summed E-state index contributed by atoms with van der Waals surface area (Å²) in [5, 5.41) is 0. The Morgan fingerprint density at radius 2 is 2.18 bits per heavy atom. The van der Waals surface area contributed by atoms with E-state index in [9.17, 15) is 8.42 Å². The van der Waals surface area contributed by atoms with Crippen LogP contribution in [0.25, 0.3) is 0 Å². The van der Waals surface area contributed by atoms with Crippen LogP contribution in [0.2, 0.25) is 0 Å². The molecule has 0 aliphatic carbocycles. The zero-order valence-corrected chi connectivity index (χ0v) is 14.2. The van der Waals surface area contributed by atoms with Crippen molar-refractivity contribution in [2.45, 2.75) is 4.90 Å². The van der Waals surface area contributed by atoms with Crippen LogP contribution in [0.1, 0.15) is 0 Å². The molecule has 0 spiro atoms. The second-order valence-electron chi connectivity index (χ2n) is 5.75. The third-order valence-corrected chi connectivity index (χ3v) is 5.46. The van der Waals surface area contributed by atoms with Gasteiger partial charge in [-0.15, -0.1) is 0 Å². The third kappa shape index (κ3) is 4.19. The summed E-state index contributed by atoms with van der Waals surface area (Å²) in [5.41, 5.74) is 0. The Labute approximate surface area is 132 Å². The molecule has 1 aliphatic heterocycles. The Morgan fingerprint density at radius 3 is 2.86 bits per heavy atom.